The van der Waals surface area contributed by atoms with E-state index >= 15 is 0 Å². The summed E-state index contributed by atoms with van der Waals surface area (Å²) in [6.45, 7) is 5.24. The summed E-state index contributed by atoms with van der Waals surface area (Å²) < 4.78 is 50.3. The molecule has 0 aliphatic heterocycles. The quantitative estimate of drug-likeness (QED) is 0.0802. The highest BCUT2D eigenvalue weighted by atomic mass is 79.9. The van der Waals surface area contributed by atoms with E-state index in [4.69, 9.17) is 4.74 Å². The zero-order chi connectivity index (χ0) is 31.5. The first kappa shape index (κ1) is 33.1. The Bertz CT molecular complexity index is 1830. The third kappa shape index (κ3) is 8.03. The maximum Gasteiger partial charge on any atom is 0.412 e. The molecule has 10 nitrogen and oxygen atoms in total. The van der Waals surface area contributed by atoms with Gasteiger partial charge in [0, 0.05) is 15.7 Å². The number of aromatic nitrogens is 2. The zero-order valence-electron chi connectivity index (χ0n) is 23.3. The topological polar surface area (TPSA) is 132 Å². The van der Waals surface area contributed by atoms with E-state index in [2.05, 4.69) is 52.5 Å². The number of thiophene rings is 1. The third-order valence-electron chi connectivity index (χ3n) is 5.66. The van der Waals surface area contributed by atoms with Crippen LogP contribution in [0.1, 0.15) is 26.3 Å². The molecular weight excluding hydrogens is 749 g/mol. The Hall–Kier alpha value is -2.79. The molecule has 2 N–H and O–H groups in total. The van der Waals surface area contributed by atoms with Gasteiger partial charge in [-0.25, -0.2) is 27.6 Å². The molecule has 0 fully saturated rings. The van der Waals surface area contributed by atoms with Crippen LogP contribution in [0.25, 0.3) is 11.0 Å². The smallest absolute Gasteiger partial charge is 0.412 e. The second-order valence-corrected chi connectivity index (χ2v) is 15.4. The molecule has 0 saturated carbocycles. The number of hydrogen-bond acceptors (Lipinski definition) is 9. The Morgan fingerprint density at radius 2 is 1.98 bits per heavy atom. The Balaban J connectivity index is 1.66. The normalized spacial score (nSPS) is 12.2. The average Bonchev–Trinajstić information content (AvgIpc) is 3.54. The van der Waals surface area contributed by atoms with Crippen molar-refractivity contribution < 1.29 is 27.1 Å². The van der Waals surface area contributed by atoms with Crippen LogP contribution in [0, 0.1) is 5.82 Å². The molecule has 0 radical (unpaired) electrons. The number of ether oxygens (including phenoxy) is 1. The molecule has 2 heterocycles. The predicted molar refractivity (Wildman–Crippen MR) is 174 cm³/mol. The van der Waals surface area contributed by atoms with Crippen molar-refractivity contribution in [2.45, 2.75) is 46.9 Å². The summed E-state index contributed by atoms with van der Waals surface area (Å²) in [6, 6.07) is 8.65. The standard InChI is InChI=1S/C27H26Br2FN5O5S3/c1-27(2,3)40-26(37)32-13-31-23-10-21(25(41-4)42-23)43(38,39)17-8-18(29)24-20(9-17)35(14-33-24)12-15-7-16(5-6-19(15)30)34-22(36)11-28/h5-10,13-14H,11-12H2,1-4H3,(H,34,36)(H,31,32,37). The molecule has 0 aliphatic carbocycles. The van der Waals surface area contributed by atoms with E-state index in [1.54, 1.807) is 31.6 Å². The lowest BCUT2D eigenvalue weighted by Gasteiger charge is -2.18. The Labute approximate surface area is 272 Å². The molecule has 0 atom stereocenters. The number of anilines is 1. The molecule has 0 spiro atoms. The molecule has 4 aromatic rings. The second-order valence-electron chi connectivity index (χ2n) is 9.98. The highest BCUT2D eigenvalue weighted by Gasteiger charge is 2.26. The average molecular weight is 776 g/mol. The number of nitrogens with one attached hydrogen (secondary N) is 2. The fraction of sp³-hybridized carbons (Fsp3) is 0.259. The Morgan fingerprint density at radius 1 is 1.23 bits per heavy atom. The van der Waals surface area contributed by atoms with E-state index < -0.39 is 27.3 Å². The number of rotatable bonds is 9. The number of benzene rings is 2. The van der Waals surface area contributed by atoms with Crippen LogP contribution in [-0.2, 0) is 25.9 Å². The van der Waals surface area contributed by atoms with Gasteiger partial charge in [0.1, 0.15) is 21.9 Å². The van der Waals surface area contributed by atoms with Gasteiger partial charge in [-0.3, -0.25) is 10.1 Å². The molecule has 0 bridgehead atoms. The highest BCUT2D eigenvalue weighted by molar-refractivity contribution is 9.10. The van der Waals surface area contributed by atoms with Gasteiger partial charge in [-0.15, -0.1) is 23.1 Å². The van der Waals surface area contributed by atoms with Crippen LogP contribution in [0.3, 0.4) is 0 Å². The van der Waals surface area contributed by atoms with Gasteiger partial charge in [-0.2, -0.15) is 0 Å². The van der Waals surface area contributed by atoms with Gasteiger partial charge in [0.25, 0.3) is 0 Å². The lowest BCUT2D eigenvalue weighted by Crippen LogP contribution is -2.31. The number of alkyl carbamates (subject to hydrolysis) is 1. The molecule has 2 aromatic carbocycles. The van der Waals surface area contributed by atoms with Crippen LogP contribution in [0.2, 0.25) is 0 Å². The number of carbonyl (C=O) groups excluding carboxylic acids is 2. The van der Waals surface area contributed by atoms with Crippen LogP contribution >= 0.6 is 55.0 Å². The highest BCUT2D eigenvalue weighted by Crippen LogP contribution is 2.41. The van der Waals surface area contributed by atoms with Crippen molar-refractivity contribution in [3.05, 3.63) is 58.6 Å². The van der Waals surface area contributed by atoms with Gasteiger partial charge in [-0.05, 0) is 79.4 Å². The van der Waals surface area contributed by atoms with Gasteiger partial charge < -0.3 is 14.6 Å². The monoisotopic (exact) mass is 773 g/mol. The minimum atomic E-state index is -4.03. The summed E-state index contributed by atoms with van der Waals surface area (Å²) in [5.74, 6) is -0.769. The number of hydrogen-bond donors (Lipinski definition) is 2. The largest absolute Gasteiger partial charge is 0.444 e. The van der Waals surface area contributed by atoms with E-state index in [-0.39, 0.29) is 33.1 Å². The summed E-state index contributed by atoms with van der Waals surface area (Å²) in [6.07, 6.45) is 3.73. The fourth-order valence-electron chi connectivity index (χ4n) is 3.85. The predicted octanol–water partition coefficient (Wildman–Crippen LogP) is 7.12. The van der Waals surface area contributed by atoms with Crippen molar-refractivity contribution in [3.63, 3.8) is 0 Å². The lowest BCUT2D eigenvalue weighted by atomic mass is 10.1. The summed E-state index contributed by atoms with van der Waals surface area (Å²) in [5, 5.41) is 5.54. The van der Waals surface area contributed by atoms with Crippen LogP contribution in [0.15, 0.2) is 66.2 Å². The molecule has 2 amide bonds. The van der Waals surface area contributed by atoms with E-state index in [1.807, 2.05) is 0 Å². The molecule has 16 heteroatoms. The maximum atomic E-state index is 14.7. The molecule has 0 aliphatic rings. The number of fused-ring (bicyclic) bond motifs is 1. The first-order valence-electron chi connectivity index (χ1n) is 12.5. The maximum absolute atomic E-state index is 14.7. The molecule has 4 rings (SSSR count). The summed E-state index contributed by atoms with van der Waals surface area (Å²) >= 11 is 8.94. The number of aliphatic imine (C=N–C) groups is 1. The van der Waals surface area contributed by atoms with Gasteiger partial charge in [0.05, 0.1) is 44.1 Å². The molecule has 0 saturated heterocycles. The second kappa shape index (κ2) is 13.5. The number of alkyl halides is 1. The van der Waals surface area contributed by atoms with E-state index in [0.29, 0.717) is 30.4 Å². The minimum Gasteiger partial charge on any atom is -0.444 e. The van der Waals surface area contributed by atoms with Gasteiger partial charge in [-0.1, -0.05) is 15.9 Å². The van der Waals surface area contributed by atoms with E-state index in [0.717, 1.165) is 17.7 Å². The van der Waals surface area contributed by atoms with Gasteiger partial charge in [0.2, 0.25) is 15.7 Å². The van der Waals surface area contributed by atoms with Crippen molar-refractivity contribution in [2.75, 3.05) is 16.9 Å². The number of sulfone groups is 1. The molecule has 43 heavy (non-hydrogen) atoms. The zero-order valence-corrected chi connectivity index (χ0v) is 28.9. The minimum absolute atomic E-state index is 0.00272. The van der Waals surface area contributed by atoms with Crippen LogP contribution in [0.4, 0.5) is 19.9 Å². The Morgan fingerprint density at radius 3 is 2.65 bits per heavy atom. The number of nitrogens with zero attached hydrogens (tertiary/aromatic N) is 3. The summed E-state index contributed by atoms with van der Waals surface area (Å²) in [5.41, 5.74) is 0.986. The number of carbonyl (C=O) groups is 2. The lowest BCUT2D eigenvalue weighted by molar-refractivity contribution is -0.113. The van der Waals surface area contributed by atoms with Crippen LogP contribution < -0.4 is 10.6 Å². The number of thioether (sulfide) groups is 1. The number of halogens is 3. The molecular formula is C27H26Br2FN5O5S3. The van der Waals surface area contributed by atoms with Crippen LogP contribution in [0.5, 0.6) is 0 Å². The Kier molecular flexibility index (Phi) is 10.4. The van der Waals surface area contributed by atoms with E-state index in [1.165, 1.54) is 54.5 Å². The first-order chi connectivity index (χ1) is 20.2. The SMILES string of the molecule is CSc1sc(/N=C/NC(=O)OC(C)(C)C)cc1S(=O)(=O)c1cc(Br)c2ncn(Cc3cc(NC(=O)CBr)ccc3F)c2c1. The van der Waals surface area contributed by atoms with Gasteiger partial charge >= 0.3 is 6.09 Å². The third-order valence-corrected chi connectivity index (χ3v) is 11.0. The van der Waals surface area contributed by atoms with Crippen LogP contribution in [-0.4, -0.2) is 53.5 Å². The fourth-order valence-corrected chi connectivity index (χ4v) is 8.56. The van der Waals surface area contributed by atoms with E-state index in [9.17, 15) is 22.4 Å². The summed E-state index contributed by atoms with van der Waals surface area (Å²) in [4.78, 5) is 32.3. The van der Waals surface area contributed by atoms with Crippen molar-refractivity contribution in [1.82, 2.24) is 14.9 Å². The molecule has 0 unspecified atom stereocenters. The van der Waals surface area contributed by atoms with Crippen molar-refractivity contribution in [1.29, 1.82) is 0 Å². The molecule has 2 aromatic heterocycles. The van der Waals surface area contributed by atoms with Crippen molar-refractivity contribution >= 4 is 105 Å². The van der Waals surface area contributed by atoms with Gasteiger partial charge in [0.15, 0.2) is 0 Å². The van der Waals surface area contributed by atoms with Crippen molar-refractivity contribution in [2.24, 2.45) is 4.99 Å². The van der Waals surface area contributed by atoms with Crippen molar-refractivity contribution in [3.8, 4) is 0 Å². The number of amides is 2. The first-order valence-corrected chi connectivity index (χ1v) is 17.9. The summed E-state index contributed by atoms with van der Waals surface area (Å²) in [7, 11) is -4.03. The number of imidazole rings is 1. The molecule has 228 valence electrons.